The topological polar surface area (TPSA) is 149 Å². The highest BCUT2D eigenvalue weighted by atomic mass is 32.2. The van der Waals surface area contributed by atoms with Crippen molar-refractivity contribution < 1.29 is 27.2 Å². The maximum atomic E-state index is 12.6. The summed E-state index contributed by atoms with van der Waals surface area (Å²) in [5.74, 6) is -0.839. The highest BCUT2D eigenvalue weighted by molar-refractivity contribution is 8.00. The molecule has 15 heteroatoms. The number of nitrogens with one attached hydrogen (secondary N) is 1. The molecule has 0 radical (unpaired) electrons. The lowest BCUT2D eigenvalue weighted by molar-refractivity contribution is 0.0728. The molecule has 0 aliphatic rings. The number of sulfonamides is 1. The number of nitrogens with zero attached hydrogens (tertiary/aromatic N) is 3. The van der Waals surface area contributed by atoms with Crippen molar-refractivity contribution in [3.8, 4) is 5.75 Å². The van der Waals surface area contributed by atoms with Crippen molar-refractivity contribution >= 4 is 61.5 Å². The zero-order valence-electron chi connectivity index (χ0n) is 20.6. The Morgan fingerprint density at radius 2 is 1.87 bits per heavy atom. The SMILES string of the molecule is CCN(CC)S(=O)(=O)c1ccc(C(=O)Oc2coc(CSc3nnc(NC(=O)c4cccs4)s3)cc2=O)cc1. The van der Waals surface area contributed by atoms with Crippen LogP contribution in [0.15, 0.2) is 72.6 Å². The molecule has 0 saturated heterocycles. The van der Waals surface area contributed by atoms with Crippen molar-refractivity contribution in [3.63, 3.8) is 0 Å². The second-order valence-electron chi connectivity index (χ2n) is 7.67. The van der Waals surface area contributed by atoms with Gasteiger partial charge in [0.05, 0.1) is 21.1 Å². The lowest BCUT2D eigenvalue weighted by Gasteiger charge is -2.18. The number of benzene rings is 1. The van der Waals surface area contributed by atoms with Crippen molar-refractivity contribution in [1.29, 1.82) is 0 Å². The van der Waals surface area contributed by atoms with E-state index >= 15 is 0 Å². The van der Waals surface area contributed by atoms with Crippen molar-refractivity contribution in [2.45, 2.75) is 28.8 Å². The van der Waals surface area contributed by atoms with E-state index in [1.807, 2.05) is 0 Å². The van der Waals surface area contributed by atoms with Crippen LogP contribution in [0.3, 0.4) is 0 Å². The smallest absolute Gasteiger partial charge is 0.343 e. The molecule has 1 aromatic carbocycles. The monoisotopic (exact) mass is 606 g/mol. The Kier molecular flexibility index (Phi) is 9.29. The van der Waals surface area contributed by atoms with Gasteiger partial charge < -0.3 is 9.15 Å². The van der Waals surface area contributed by atoms with E-state index in [4.69, 9.17) is 9.15 Å². The fourth-order valence-electron chi connectivity index (χ4n) is 3.24. The number of thiophene rings is 1. The minimum atomic E-state index is -3.66. The molecule has 11 nitrogen and oxygen atoms in total. The predicted molar refractivity (Wildman–Crippen MR) is 148 cm³/mol. The van der Waals surface area contributed by atoms with Crippen molar-refractivity contribution in [2.24, 2.45) is 0 Å². The highest BCUT2D eigenvalue weighted by Crippen LogP contribution is 2.29. The number of hydrogen-bond acceptors (Lipinski definition) is 12. The van der Waals surface area contributed by atoms with Gasteiger partial charge in [-0.3, -0.25) is 14.9 Å². The van der Waals surface area contributed by atoms with Crippen LogP contribution in [-0.2, 0) is 15.8 Å². The first-order valence-corrected chi connectivity index (χ1v) is 15.6. The summed E-state index contributed by atoms with van der Waals surface area (Å²) in [6.07, 6.45) is 1.04. The molecule has 0 saturated carbocycles. The Labute approximate surface area is 235 Å². The largest absolute Gasteiger partial charge is 0.464 e. The predicted octanol–water partition coefficient (Wildman–Crippen LogP) is 4.35. The van der Waals surface area contributed by atoms with Gasteiger partial charge in [-0.2, -0.15) is 4.31 Å². The van der Waals surface area contributed by atoms with E-state index in [0.29, 0.717) is 33.2 Å². The number of rotatable bonds is 11. The van der Waals surface area contributed by atoms with Crippen LogP contribution in [0.2, 0.25) is 0 Å². The molecule has 4 aromatic rings. The average molecular weight is 607 g/mol. The number of aromatic nitrogens is 2. The Morgan fingerprint density at radius 1 is 1.13 bits per heavy atom. The zero-order chi connectivity index (χ0) is 28.0. The summed E-state index contributed by atoms with van der Waals surface area (Å²) in [6.45, 7) is 4.12. The molecule has 0 bridgehead atoms. The number of carbonyl (C=O) groups is 2. The normalized spacial score (nSPS) is 11.5. The van der Waals surface area contributed by atoms with E-state index in [2.05, 4.69) is 15.5 Å². The first kappa shape index (κ1) is 28.6. The van der Waals surface area contributed by atoms with Gasteiger partial charge >= 0.3 is 5.97 Å². The van der Waals surface area contributed by atoms with Gasteiger partial charge in [0.15, 0.2) is 4.34 Å². The van der Waals surface area contributed by atoms with Gasteiger partial charge in [0, 0.05) is 19.2 Å². The standard InChI is InChI=1S/C24H22N4O7S4/c1-3-28(4-2)39(32,33)17-9-7-15(8-10-17)22(31)35-19-13-34-16(12-18(19)29)14-37-24-27-26-23(38-24)25-21(30)20-6-5-11-36-20/h5-13H,3-4,14H2,1-2H3,(H,25,26,30). The number of ether oxygens (including phenoxy) is 1. The van der Waals surface area contributed by atoms with Crippen LogP contribution in [0.25, 0.3) is 0 Å². The third-order valence-corrected chi connectivity index (χ3v) is 10.1. The molecule has 39 heavy (non-hydrogen) atoms. The van der Waals surface area contributed by atoms with Crippen LogP contribution in [0.5, 0.6) is 5.75 Å². The second kappa shape index (κ2) is 12.7. The van der Waals surface area contributed by atoms with Gasteiger partial charge in [0.1, 0.15) is 12.0 Å². The quantitative estimate of drug-likeness (QED) is 0.148. The van der Waals surface area contributed by atoms with Crippen LogP contribution in [0, 0.1) is 0 Å². The third-order valence-electron chi connectivity index (χ3n) is 5.20. The molecule has 3 heterocycles. The molecule has 1 amide bonds. The van der Waals surface area contributed by atoms with Crippen LogP contribution >= 0.6 is 34.4 Å². The number of hydrogen-bond donors (Lipinski definition) is 1. The van der Waals surface area contributed by atoms with E-state index in [9.17, 15) is 22.8 Å². The van der Waals surface area contributed by atoms with E-state index in [1.165, 1.54) is 69.1 Å². The molecule has 0 spiro atoms. The molecule has 0 atom stereocenters. The van der Waals surface area contributed by atoms with Gasteiger partial charge in [-0.1, -0.05) is 43.0 Å². The summed E-state index contributed by atoms with van der Waals surface area (Å²) in [6, 6.07) is 9.97. The molecule has 0 unspecified atom stereocenters. The number of esters is 1. The molecule has 204 valence electrons. The van der Waals surface area contributed by atoms with Crippen LogP contribution in [-0.4, -0.2) is 47.9 Å². The molecule has 0 fully saturated rings. The fraction of sp³-hybridized carbons (Fsp3) is 0.208. The first-order valence-electron chi connectivity index (χ1n) is 11.5. The molecule has 1 N–H and O–H groups in total. The van der Waals surface area contributed by atoms with E-state index in [-0.39, 0.29) is 27.9 Å². The number of thioether (sulfide) groups is 1. The summed E-state index contributed by atoms with van der Waals surface area (Å²) in [7, 11) is -3.66. The number of carbonyl (C=O) groups excluding carboxylic acids is 2. The van der Waals surface area contributed by atoms with Gasteiger partial charge in [0.25, 0.3) is 5.91 Å². The maximum Gasteiger partial charge on any atom is 0.343 e. The number of anilines is 1. The highest BCUT2D eigenvalue weighted by Gasteiger charge is 2.22. The van der Waals surface area contributed by atoms with Crippen molar-refractivity contribution in [3.05, 3.63) is 80.5 Å². The van der Waals surface area contributed by atoms with Crippen molar-refractivity contribution in [1.82, 2.24) is 14.5 Å². The summed E-state index contributed by atoms with van der Waals surface area (Å²) in [5, 5.41) is 12.8. The van der Waals surface area contributed by atoms with Crippen LogP contribution in [0.1, 0.15) is 39.6 Å². The van der Waals surface area contributed by atoms with E-state index < -0.39 is 21.4 Å². The van der Waals surface area contributed by atoms with Crippen molar-refractivity contribution in [2.75, 3.05) is 18.4 Å². The second-order valence-corrected chi connectivity index (χ2v) is 12.8. The fourth-order valence-corrected chi connectivity index (χ4v) is 6.96. The molecule has 4 rings (SSSR count). The van der Waals surface area contributed by atoms with Gasteiger partial charge in [-0.05, 0) is 35.7 Å². The Balaban J connectivity index is 1.34. The molecular weight excluding hydrogens is 585 g/mol. The molecule has 0 aliphatic heterocycles. The third kappa shape index (κ3) is 6.99. The minimum Gasteiger partial charge on any atom is -0.464 e. The maximum absolute atomic E-state index is 12.6. The summed E-state index contributed by atoms with van der Waals surface area (Å²) in [4.78, 5) is 37.7. The lowest BCUT2D eigenvalue weighted by Crippen LogP contribution is -2.30. The Hall–Kier alpha value is -3.37. The van der Waals surface area contributed by atoms with Crippen LogP contribution < -0.4 is 15.5 Å². The number of amides is 1. The Morgan fingerprint density at radius 3 is 2.51 bits per heavy atom. The van der Waals surface area contributed by atoms with Gasteiger partial charge in [0.2, 0.25) is 26.3 Å². The average Bonchev–Trinajstić information content (AvgIpc) is 3.62. The van der Waals surface area contributed by atoms with E-state index in [0.717, 1.165) is 6.26 Å². The molecule has 3 aromatic heterocycles. The summed E-state index contributed by atoms with van der Waals surface area (Å²) >= 11 is 3.75. The van der Waals surface area contributed by atoms with Crippen LogP contribution in [0.4, 0.5) is 5.13 Å². The zero-order valence-corrected chi connectivity index (χ0v) is 23.9. The summed E-state index contributed by atoms with van der Waals surface area (Å²) in [5.41, 5.74) is -0.488. The summed E-state index contributed by atoms with van der Waals surface area (Å²) < 4.78 is 37.7. The van der Waals surface area contributed by atoms with Gasteiger partial charge in [-0.15, -0.1) is 21.5 Å². The molecular formula is C24H22N4O7S4. The Bertz CT molecular complexity index is 1610. The molecule has 0 aliphatic carbocycles. The first-order chi connectivity index (χ1) is 18.7. The van der Waals surface area contributed by atoms with E-state index in [1.54, 1.807) is 31.4 Å². The minimum absolute atomic E-state index is 0.0524. The lowest BCUT2D eigenvalue weighted by atomic mass is 10.2. The van der Waals surface area contributed by atoms with Gasteiger partial charge in [-0.25, -0.2) is 13.2 Å².